The van der Waals surface area contributed by atoms with Gasteiger partial charge in [0.1, 0.15) is 0 Å². The van der Waals surface area contributed by atoms with E-state index in [4.69, 9.17) is 11.6 Å². The van der Waals surface area contributed by atoms with E-state index in [0.717, 1.165) is 34.8 Å². The van der Waals surface area contributed by atoms with Crippen LogP contribution in [-0.2, 0) is 6.42 Å². The van der Waals surface area contributed by atoms with Crippen molar-refractivity contribution in [2.75, 3.05) is 13.6 Å². The Labute approximate surface area is 111 Å². The van der Waals surface area contributed by atoms with Gasteiger partial charge < -0.3 is 5.32 Å². The summed E-state index contributed by atoms with van der Waals surface area (Å²) in [6, 6.07) is 6.03. The zero-order chi connectivity index (χ0) is 12.3. The molecule has 0 bridgehead atoms. The molecule has 0 unspecified atom stereocenters. The molecule has 1 N–H and O–H groups in total. The van der Waals surface area contributed by atoms with Gasteiger partial charge in [-0.2, -0.15) is 0 Å². The Morgan fingerprint density at radius 1 is 1.41 bits per heavy atom. The second kappa shape index (κ2) is 5.63. The molecule has 1 heterocycles. The van der Waals surface area contributed by atoms with Crippen LogP contribution in [0.5, 0.6) is 0 Å². The Bertz CT molecular complexity index is 508. The molecule has 0 fully saturated rings. The van der Waals surface area contributed by atoms with Gasteiger partial charge >= 0.3 is 0 Å². The average molecular weight is 267 g/mol. The van der Waals surface area contributed by atoms with Gasteiger partial charge in [-0.3, -0.25) is 0 Å². The summed E-state index contributed by atoms with van der Waals surface area (Å²) < 4.78 is 0. The molecule has 1 aromatic carbocycles. The minimum absolute atomic E-state index is 0.805. The van der Waals surface area contributed by atoms with Crippen molar-refractivity contribution < 1.29 is 0 Å². The van der Waals surface area contributed by atoms with Crippen LogP contribution in [0.3, 0.4) is 0 Å². The number of benzene rings is 1. The second-order valence-electron chi connectivity index (χ2n) is 3.94. The summed E-state index contributed by atoms with van der Waals surface area (Å²) in [5.41, 5.74) is 3.27. The molecule has 0 atom stereocenters. The molecule has 2 aromatic rings. The number of nitrogens with zero attached hydrogens (tertiary/aromatic N) is 1. The first kappa shape index (κ1) is 12.6. The molecule has 17 heavy (non-hydrogen) atoms. The fraction of sp³-hybridized carbons (Fsp3) is 0.308. The highest BCUT2D eigenvalue weighted by Crippen LogP contribution is 2.26. The number of rotatable bonds is 4. The number of hydrogen-bond acceptors (Lipinski definition) is 3. The molecule has 4 heteroatoms. The number of halogens is 1. The monoisotopic (exact) mass is 266 g/mol. The lowest BCUT2D eigenvalue weighted by molar-refractivity contribution is 0.788. The Morgan fingerprint density at radius 3 is 2.94 bits per heavy atom. The second-order valence-corrected chi connectivity index (χ2v) is 5.29. The maximum atomic E-state index is 6.02. The SMILES string of the molecule is CNCCc1nc(-c2ccc(Cl)c(C)c2)cs1. The van der Waals surface area contributed by atoms with Crippen LogP contribution in [0.2, 0.25) is 5.02 Å². The van der Waals surface area contributed by atoms with E-state index < -0.39 is 0 Å². The van der Waals surface area contributed by atoms with Gasteiger partial charge in [-0.25, -0.2) is 4.98 Å². The summed E-state index contributed by atoms with van der Waals surface area (Å²) in [4.78, 5) is 4.62. The van der Waals surface area contributed by atoms with Crippen molar-refractivity contribution in [3.63, 3.8) is 0 Å². The van der Waals surface area contributed by atoms with Crippen molar-refractivity contribution in [1.82, 2.24) is 10.3 Å². The first-order chi connectivity index (χ1) is 8.20. The molecule has 1 aromatic heterocycles. The molecule has 0 spiro atoms. The number of nitrogens with one attached hydrogen (secondary N) is 1. The lowest BCUT2D eigenvalue weighted by Gasteiger charge is -2.01. The normalized spacial score (nSPS) is 10.8. The van der Waals surface area contributed by atoms with Crippen LogP contribution in [0.15, 0.2) is 23.6 Å². The quantitative estimate of drug-likeness (QED) is 0.916. The van der Waals surface area contributed by atoms with E-state index in [2.05, 4.69) is 21.7 Å². The van der Waals surface area contributed by atoms with Crippen LogP contribution in [0.1, 0.15) is 10.6 Å². The van der Waals surface area contributed by atoms with Crippen LogP contribution in [0.25, 0.3) is 11.3 Å². The standard InChI is InChI=1S/C13H15ClN2S/c1-9-7-10(3-4-11(9)14)12-8-17-13(16-12)5-6-15-2/h3-4,7-8,15H,5-6H2,1-2H3. The lowest BCUT2D eigenvalue weighted by Crippen LogP contribution is -2.09. The van der Waals surface area contributed by atoms with Gasteiger partial charge in [0.05, 0.1) is 10.7 Å². The van der Waals surface area contributed by atoms with Crippen LogP contribution in [-0.4, -0.2) is 18.6 Å². The summed E-state index contributed by atoms with van der Waals surface area (Å²) >= 11 is 7.73. The zero-order valence-electron chi connectivity index (χ0n) is 9.96. The lowest BCUT2D eigenvalue weighted by atomic mass is 10.1. The molecule has 0 aliphatic heterocycles. The number of thiazole rings is 1. The Morgan fingerprint density at radius 2 is 2.24 bits per heavy atom. The first-order valence-electron chi connectivity index (χ1n) is 5.56. The van der Waals surface area contributed by atoms with Crippen molar-refractivity contribution in [2.24, 2.45) is 0 Å². The van der Waals surface area contributed by atoms with E-state index in [1.807, 2.05) is 26.1 Å². The molecular formula is C13H15ClN2S. The molecule has 0 radical (unpaired) electrons. The van der Waals surface area contributed by atoms with E-state index >= 15 is 0 Å². The van der Waals surface area contributed by atoms with Crippen molar-refractivity contribution in [3.05, 3.63) is 39.2 Å². The van der Waals surface area contributed by atoms with Crippen LogP contribution in [0, 0.1) is 6.92 Å². The molecule has 2 nitrogen and oxygen atoms in total. The smallest absolute Gasteiger partial charge is 0.0945 e. The Hall–Kier alpha value is -0.900. The highest BCUT2D eigenvalue weighted by atomic mass is 35.5. The van der Waals surface area contributed by atoms with Gasteiger partial charge in [0.15, 0.2) is 0 Å². The van der Waals surface area contributed by atoms with Crippen LogP contribution in [0.4, 0.5) is 0 Å². The molecule has 0 amide bonds. The van der Waals surface area contributed by atoms with E-state index in [0.29, 0.717) is 0 Å². The van der Waals surface area contributed by atoms with Crippen molar-refractivity contribution in [3.8, 4) is 11.3 Å². The fourth-order valence-electron chi connectivity index (χ4n) is 1.59. The Kier molecular flexibility index (Phi) is 4.15. The van der Waals surface area contributed by atoms with Crippen molar-refractivity contribution in [2.45, 2.75) is 13.3 Å². The third-order valence-corrected chi connectivity index (χ3v) is 3.93. The third-order valence-electron chi connectivity index (χ3n) is 2.59. The van der Waals surface area contributed by atoms with Crippen molar-refractivity contribution in [1.29, 1.82) is 0 Å². The predicted molar refractivity (Wildman–Crippen MR) is 74.9 cm³/mol. The van der Waals surface area contributed by atoms with E-state index in [-0.39, 0.29) is 0 Å². The first-order valence-corrected chi connectivity index (χ1v) is 6.82. The van der Waals surface area contributed by atoms with Crippen LogP contribution >= 0.6 is 22.9 Å². The van der Waals surface area contributed by atoms with Crippen LogP contribution < -0.4 is 5.32 Å². The summed E-state index contributed by atoms with van der Waals surface area (Å²) in [6.45, 7) is 2.98. The number of aryl methyl sites for hydroxylation is 1. The van der Waals surface area contributed by atoms with E-state index in [1.54, 1.807) is 11.3 Å². The highest BCUT2D eigenvalue weighted by molar-refractivity contribution is 7.09. The minimum Gasteiger partial charge on any atom is -0.319 e. The summed E-state index contributed by atoms with van der Waals surface area (Å²) in [6.07, 6.45) is 0.980. The summed E-state index contributed by atoms with van der Waals surface area (Å²) in [7, 11) is 1.96. The number of likely N-dealkylation sites (N-methyl/N-ethyl adjacent to an activating group) is 1. The number of aromatic nitrogens is 1. The van der Waals surface area contributed by atoms with Gasteiger partial charge in [-0.15, -0.1) is 11.3 Å². The third kappa shape index (κ3) is 3.06. The topological polar surface area (TPSA) is 24.9 Å². The zero-order valence-corrected chi connectivity index (χ0v) is 11.5. The van der Waals surface area contributed by atoms with E-state index in [1.165, 1.54) is 5.01 Å². The minimum atomic E-state index is 0.805. The largest absolute Gasteiger partial charge is 0.319 e. The molecular weight excluding hydrogens is 252 g/mol. The molecule has 0 aliphatic rings. The van der Waals surface area contributed by atoms with Gasteiger partial charge in [0.2, 0.25) is 0 Å². The molecule has 0 saturated heterocycles. The molecule has 2 rings (SSSR count). The fourth-order valence-corrected chi connectivity index (χ4v) is 2.52. The van der Waals surface area contributed by atoms with Gasteiger partial charge in [0.25, 0.3) is 0 Å². The maximum absolute atomic E-state index is 6.02. The Balaban J connectivity index is 2.21. The number of hydrogen-bond donors (Lipinski definition) is 1. The molecule has 90 valence electrons. The molecule has 0 saturated carbocycles. The highest BCUT2D eigenvalue weighted by Gasteiger charge is 2.05. The maximum Gasteiger partial charge on any atom is 0.0945 e. The van der Waals surface area contributed by atoms with E-state index in [9.17, 15) is 0 Å². The van der Waals surface area contributed by atoms with Crippen molar-refractivity contribution >= 4 is 22.9 Å². The predicted octanol–water partition coefficient (Wildman–Crippen LogP) is 3.53. The summed E-state index contributed by atoms with van der Waals surface area (Å²) in [5, 5.41) is 7.21. The van der Waals surface area contributed by atoms with Gasteiger partial charge in [-0.05, 0) is 31.7 Å². The molecule has 0 aliphatic carbocycles. The average Bonchev–Trinajstić information content (AvgIpc) is 2.79. The van der Waals surface area contributed by atoms with Gasteiger partial charge in [-0.1, -0.05) is 17.7 Å². The van der Waals surface area contributed by atoms with Gasteiger partial charge in [0, 0.05) is 28.9 Å². The summed E-state index contributed by atoms with van der Waals surface area (Å²) in [5.74, 6) is 0.